The van der Waals surface area contributed by atoms with Crippen LogP contribution in [0.15, 0.2) is 17.5 Å². The molecule has 0 bridgehead atoms. The van der Waals surface area contributed by atoms with Crippen molar-refractivity contribution in [2.45, 2.75) is 13.5 Å². The highest BCUT2D eigenvalue weighted by Gasteiger charge is 2.22. The Balaban J connectivity index is 2.21. The molecule has 0 fully saturated rings. The normalized spacial score (nSPS) is 11.0. The molecule has 0 saturated heterocycles. The van der Waals surface area contributed by atoms with Gasteiger partial charge < -0.3 is 24.7 Å². The van der Waals surface area contributed by atoms with Crippen LogP contribution >= 0.6 is 11.3 Å². The SMILES string of the molecule is CCOc1nn2c(-c3c(OC)cc(COC)cc3OC)csc2c1N. The summed E-state index contributed by atoms with van der Waals surface area (Å²) < 4.78 is 23.7. The summed E-state index contributed by atoms with van der Waals surface area (Å²) in [5.74, 6) is 1.79. The second-order valence-electron chi connectivity index (χ2n) is 5.30. The Morgan fingerprint density at radius 3 is 2.40 bits per heavy atom. The lowest BCUT2D eigenvalue weighted by molar-refractivity contribution is 0.184. The molecular formula is C17H21N3O4S. The molecule has 2 heterocycles. The predicted molar refractivity (Wildman–Crippen MR) is 97.9 cm³/mol. The molecule has 3 aromatic rings. The van der Waals surface area contributed by atoms with E-state index in [2.05, 4.69) is 5.10 Å². The van der Waals surface area contributed by atoms with Gasteiger partial charge in [0.15, 0.2) is 0 Å². The number of nitrogens with zero attached hydrogens (tertiary/aromatic N) is 2. The van der Waals surface area contributed by atoms with Gasteiger partial charge in [0.05, 0.1) is 38.7 Å². The Bertz CT molecular complexity index is 863. The largest absolute Gasteiger partial charge is 0.496 e. The topological polar surface area (TPSA) is 80.2 Å². The maximum Gasteiger partial charge on any atom is 0.258 e. The quantitative estimate of drug-likeness (QED) is 0.694. The van der Waals surface area contributed by atoms with Crippen LogP contribution in [-0.2, 0) is 11.3 Å². The van der Waals surface area contributed by atoms with Gasteiger partial charge in [0.1, 0.15) is 22.0 Å². The number of benzene rings is 1. The summed E-state index contributed by atoms with van der Waals surface area (Å²) in [5, 5.41) is 6.47. The molecule has 3 rings (SSSR count). The van der Waals surface area contributed by atoms with Crippen LogP contribution in [0.3, 0.4) is 0 Å². The van der Waals surface area contributed by atoms with Gasteiger partial charge in [-0.05, 0) is 24.6 Å². The number of thiazole rings is 1. The fraction of sp³-hybridized carbons (Fsp3) is 0.353. The summed E-state index contributed by atoms with van der Waals surface area (Å²) >= 11 is 1.49. The molecule has 0 unspecified atom stereocenters. The third kappa shape index (κ3) is 2.98. The number of aromatic nitrogens is 2. The van der Waals surface area contributed by atoms with Gasteiger partial charge >= 0.3 is 0 Å². The van der Waals surface area contributed by atoms with Crippen molar-refractivity contribution in [3.05, 3.63) is 23.1 Å². The third-order valence-electron chi connectivity index (χ3n) is 3.77. The van der Waals surface area contributed by atoms with Gasteiger partial charge in [-0.2, -0.15) is 0 Å². The highest BCUT2D eigenvalue weighted by Crippen LogP contribution is 2.43. The minimum absolute atomic E-state index is 0.435. The second kappa shape index (κ2) is 7.20. The van der Waals surface area contributed by atoms with E-state index in [1.54, 1.807) is 25.8 Å². The van der Waals surface area contributed by atoms with E-state index < -0.39 is 0 Å². The fourth-order valence-corrected chi connectivity index (χ4v) is 3.60. The molecule has 7 nitrogen and oxygen atoms in total. The number of ether oxygens (including phenoxy) is 4. The van der Waals surface area contributed by atoms with E-state index >= 15 is 0 Å². The first-order valence-corrected chi connectivity index (χ1v) is 8.65. The van der Waals surface area contributed by atoms with Crippen molar-refractivity contribution in [2.75, 3.05) is 33.7 Å². The lowest BCUT2D eigenvalue weighted by Gasteiger charge is -2.14. The van der Waals surface area contributed by atoms with Crippen molar-refractivity contribution in [3.8, 4) is 28.6 Å². The van der Waals surface area contributed by atoms with E-state index in [0.29, 0.717) is 36.3 Å². The summed E-state index contributed by atoms with van der Waals surface area (Å²) in [6.07, 6.45) is 0. The highest BCUT2D eigenvalue weighted by atomic mass is 32.1. The van der Waals surface area contributed by atoms with Crippen LogP contribution in [0.1, 0.15) is 12.5 Å². The fourth-order valence-electron chi connectivity index (χ4n) is 2.71. The molecule has 134 valence electrons. The Hall–Kier alpha value is -2.45. The van der Waals surface area contributed by atoms with Gasteiger partial charge in [-0.1, -0.05) is 0 Å². The van der Waals surface area contributed by atoms with Crippen LogP contribution in [-0.4, -0.2) is 37.6 Å². The molecule has 0 atom stereocenters. The standard InChI is InChI=1S/C17H21N3O4S/c1-5-24-16-15(18)17-20(19-16)11(9-25-17)14-12(22-3)6-10(8-21-2)7-13(14)23-4/h6-7,9H,5,8,18H2,1-4H3. The number of nitrogen functional groups attached to an aromatic ring is 1. The zero-order valence-electron chi connectivity index (χ0n) is 14.7. The van der Waals surface area contributed by atoms with E-state index in [0.717, 1.165) is 21.7 Å². The molecule has 8 heteroatoms. The molecule has 0 saturated carbocycles. The van der Waals surface area contributed by atoms with Gasteiger partial charge in [0.2, 0.25) is 0 Å². The molecule has 0 aliphatic heterocycles. The monoisotopic (exact) mass is 363 g/mol. The highest BCUT2D eigenvalue weighted by molar-refractivity contribution is 7.16. The first-order chi connectivity index (χ1) is 12.1. The van der Waals surface area contributed by atoms with Crippen molar-refractivity contribution >= 4 is 21.9 Å². The number of anilines is 1. The molecule has 2 aromatic heterocycles. The number of methoxy groups -OCH3 is 3. The second-order valence-corrected chi connectivity index (χ2v) is 6.16. The molecule has 0 aliphatic carbocycles. The molecule has 0 radical (unpaired) electrons. The van der Waals surface area contributed by atoms with Gasteiger partial charge in [0.25, 0.3) is 5.88 Å². The molecular weight excluding hydrogens is 342 g/mol. The summed E-state index contributed by atoms with van der Waals surface area (Å²) in [4.78, 5) is 0.823. The number of fused-ring (bicyclic) bond motifs is 1. The van der Waals surface area contributed by atoms with Gasteiger partial charge in [-0.15, -0.1) is 16.4 Å². The van der Waals surface area contributed by atoms with Crippen LogP contribution in [0, 0.1) is 0 Å². The first kappa shape index (κ1) is 17.4. The average molecular weight is 363 g/mol. The molecule has 0 spiro atoms. The zero-order chi connectivity index (χ0) is 18.0. The van der Waals surface area contributed by atoms with Crippen LogP contribution in [0.4, 0.5) is 5.69 Å². The lowest BCUT2D eigenvalue weighted by Crippen LogP contribution is -1.99. The number of rotatable bonds is 7. The van der Waals surface area contributed by atoms with Gasteiger partial charge in [-0.25, -0.2) is 4.52 Å². The minimum Gasteiger partial charge on any atom is -0.496 e. The Morgan fingerprint density at radius 2 is 1.84 bits per heavy atom. The van der Waals surface area contributed by atoms with Crippen molar-refractivity contribution < 1.29 is 18.9 Å². The molecule has 0 amide bonds. The average Bonchev–Trinajstić information content (AvgIpc) is 3.15. The van der Waals surface area contributed by atoms with Crippen LogP contribution in [0.5, 0.6) is 17.4 Å². The maximum absolute atomic E-state index is 6.14. The molecule has 25 heavy (non-hydrogen) atoms. The Labute approximate surface area is 149 Å². The van der Waals surface area contributed by atoms with Gasteiger partial charge in [-0.3, -0.25) is 0 Å². The Morgan fingerprint density at radius 1 is 1.16 bits per heavy atom. The summed E-state index contributed by atoms with van der Waals surface area (Å²) in [6, 6.07) is 3.86. The van der Waals surface area contributed by atoms with Crippen molar-refractivity contribution in [2.24, 2.45) is 0 Å². The molecule has 2 N–H and O–H groups in total. The smallest absolute Gasteiger partial charge is 0.258 e. The van der Waals surface area contributed by atoms with Gasteiger partial charge in [0, 0.05) is 12.5 Å². The maximum atomic E-state index is 6.14. The molecule has 1 aromatic carbocycles. The first-order valence-electron chi connectivity index (χ1n) is 7.77. The van der Waals surface area contributed by atoms with E-state index in [9.17, 15) is 0 Å². The summed E-state index contributed by atoms with van der Waals surface area (Å²) in [7, 11) is 4.90. The summed E-state index contributed by atoms with van der Waals surface area (Å²) in [6.45, 7) is 2.87. The predicted octanol–water partition coefficient (Wildman–Crippen LogP) is 3.21. The minimum atomic E-state index is 0.435. The molecule has 0 aliphatic rings. The van der Waals surface area contributed by atoms with E-state index in [-0.39, 0.29) is 0 Å². The van der Waals surface area contributed by atoms with E-state index in [1.165, 1.54) is 11.3 Å². The van der Waals surface area contributed by atoms with Crippen LogP contribution < -0.4 is 19.9 Å². The zero-order valence-corrected chi connectivity index (χ0v) is 15.5. The van der Waals surface area contributed by atoms with Crippen molar-refractivity contribution in [1.29, 1.82) is 0 Å². The third-order valence-corrected chi connectivity index (χ3v) is 4.73. The van der Waals surface area contributed by atoms with Crippen molar-refractivity contribution in [1.82, 2.24) is 9.61 Å². The van der Waals surface area contributed by atoms with Crippen LogP contribution in [0.2, 0.25) is 0 Å². The Kier molecular flexibility index (Phi) is 5.00. The number of nitrogens with two attached hydrogens (primary N) is 1. The van der Waals surface area contributed by atoms with E-state index in [1.807, 2.05) is 24.4 Å². The van der Waals surface area contributed by atoms with Crippen molar-refractivity contribution in [3.63, 3.8) is 0 Å². The lowest BCUT2D eigenvalue weighted by atomic mass is 10.1. The van der Waals surface area contributed by atoms with Crippen LogP contribution in [0.25, 0.3) is 16.1 Å². The number of hydrogen-bond donors (Lipinski definition) is 1. The summed E-state index contributed by atoms with van der Waals surface area (Å²) in [5.41, 5.74) is 9.27. The number of hydrogen-bond acceptors (Lipinski definition) is 7. The van der Waals surface area contributed by atoms with E-state index in [4.69, 9.17) is 24.7 Å².